The van der Waals surface area contributed by atoms with Crippen LogP contribution in [0.4, 0.5) is 0 Å². The maximum Gasteiger partial charge on any atom is 0.173 e. The number of hydrogen-bond donors (Lipinski definition) is 0. The minimum Gasteiger partial charge on any atom is -0.303 e. The van der Waals surface area contributed by atoms with Crippen molar-refractivity contribution in [1.29, 1.82) is 0 Å². The third kappa shape index (κ3) is 4.79. The van der Waals surface area contributed by atoms with Gasteiger partial charge in [0.1, 0.15) is 5.78 Å². The highest BCUT2D eigenvalue weighted by Crippen LogP contribution is 2.36. The Kier molecular flexibility index (Phi) is 6.39. The van der Waals surface area contributed by atoms with E-state index in [1.807, 2.05) is 24.3 Å². The molecule has 166 valence electrons. The summed E-state index contributed by atoms with van der Waals surface area (Å²) in [5.41, 5.74) is 1.75. The number of benzene rings is 2. The molecule has 0 aliphatic carbocycles. The number of Topliss-reactive ketones (excluding diaryl/α,β-unsaturated/α-hetero) is 2. The molecule has 0 saturated carbocycles. The Morgan fingerprint density at radius 3 is 2.53 bits per heavy atom. The molecule has 6 heteroatoms. The number of rotatable bonds is 7. The van der Waals surface area contributed by atoms with E-state index in [2.05, 4.69) is 4.90 Å². The summed E-state index contributed by atoms with van der Waals surface area (Å²) < 4.78 is 1.07. The van der Waals surface area contributed by atoms with Crippen LogP contribution < -0.4 is 0 Å². The van der Waals surface area contributed by atoms with Crippen LogP contribution in [-0.4, -0.2) is 36.1 Å². The number of carbonyl (C=O) groups is 2. The van der Waals surface area contributed by atoms with Crippen molar-refractivity contribution in [2.24, 2.45) is 11.8 Å². The summed E-state index contributed by atoms with van der Waals surface area (Å²) in [6, 6.07) is 13.3. The van der Waals surface area contributed by atoms with Crippen molar-refractivity contribution in [2.75, 3.05) is 19.6 Å². The molecular formula is C26H25Cl2NO2S. The van der Waals surface area contributed by atoms with Gasteiger partial charge in [-0.1, -0.05) is 41.4 Å². The Labute approximate surface area is 202 Å². The minimum absolute atomic E-state index is 0.101. The van der Waals surface area contributed by atoms with Crippen LogP contribution in [0, 0.1) is 11.8 Å². The molecule has 6 rings (SSSR count). The van der Waals surface area contributed by atoms with Gasteiger partial charge in [0.05, 0.1) is 4.88 Å². The standard InChI is InChI=1S/C26H25Cl2NO2S/c27-21-4-3-18(23(28)14-21)11-22(30)9-16-1-2-19-13-26(32-25(19)10-16)24(31)12-20-15-29-7-5-17(20)6-8-29/h1-4,10,13-14,17,20H,5-9,11-12,15H2/t20-/m0/s1. The van der Waals surface area contributed by atoms with Crippen molar-refractivity contribution in [3.63, 3.8) is 0 Å². The third-order valence-electron chi connectivity index (χ3n) is 6.90. The van der Waals surface area contributed by atoms with Crippen molar-refractivity contribution in [3.05, 3.63) is 68.5 Å². The third-order valence-corrected chi connectivity index (χ3v) is 8.63. The maximum absolute atomic E-state index is 13.0. The normalized spacial score (nSPS) is 22.4. The van der Waals surface area contributed by atoms with E-state index in [1.165, 1.54) is 25.9 Å². The fraction of sp³-hybridized carbons (Fsp3) is 0.385. The zero-order chi connectivity index (χ0) is 22.2. The van der Waals surface area contributed by atoms with E-state index in [1.54, 1.807) is 29.5 Å². The Morgan fingerprint density at radius 2 is 1.81 bits per heavy atom. The zero-order valence-electron chi connectivity index (χ0n) is 17.8. The van der Waals surface area contributed by atoms with Crippen molar-refractivity contribution in [2.45, 2.75) is 32.1 Å². The van der Waals surface area contributed by atoms with Crippen LogP contribution in [0.3, 0.4) is 0 Å². The lowest BCUT2D eigenvalue weighted by Gasteiger charge is -2.44. The van der Waals surface area contributed by atoms with Crippen LogP contribution in [0.2, 0.25) is 10.0 Å². The quantitative estimate of drug-likeness (QED) is 0.359. The first kappa shape index (κ1) is 22.1. The van der Waals surface area contributed by atoms with E-state index in [9.17, 15) is 9.59 Å². The van der Waals surface area contributed by atoms with E-state index in [0.29, 0.717) is 34.7 Å². The number of fused-ring (bicyclic) bond motifs is 4. The maximum atomic E-state index is 13.0. The molecule has 3 saturated heterocycles. The Morgan fingerprint density at radius 1 is 1.00 bits per heavy atom. The molecule has 3 aliphatic rings. The molecule has 2 bridgehead atoms. The van der Waals surface area contributed by atoms with Crippen molar-refractivity contribution >= 4 is 56.2 Å². The molecule has 3 fully saturated rings. The van der Waals surface area contributed by atoms with Gasteiger partial charge in [0.25, 0.3) is 0 Å². The van der Waals surface area contributed by atoms with Crippen LogP contribution in [0.25, 0.3) is 10.1 Å². The van der Waals surface area contributed by atoms with Gasteiger partial charge in [0, 0.05) is 40.6 Å². The molecule has 1 aromatic heterocycles. The van der Waals surface area contributed by atoms with Gasteiger partial charge in [-0.15, -0.1) is 11.3 Å². The van der Waals surface area contributed by atoms with Crippen LogP contribution in [0.1, 0.15) is 40.1 Å². The van der Waals surface area contributed by atoms with E-state index < -0.39 is 0 Å². The number of halogens is 2. The van der Waals surface area contributed by atoms with Gasteiger partial charge in [-0.2, -0.15) is 0 Å². The summed E-state index contributed by atoms with van der Waals surface area (Å²) in [7, 11) is 0. The molecule has 0 amide bonds. The average Bonchev–Trinajstić information content (AvgIpc) is 3.20. The molecule has 3 nitrogen and oxygen atoms in total. The summed E-state index contributed by atoms with van der Waals surface area (Å²) in [6.45, 7) is 3.47. The lowest BCUT2D eigenvalue weighted by molar-refractivity contribution is -0.117. The van der Waals surface area contributed by atoms with E-state index >= 15 is 0 Å². The lowest BCUT2D eigenvalue weighted by atomic mass is 9.76. The van der Waals surface area contributed by atoms with Gasteiger partial charge in [0.15, 0.2) is 5.78 Å². The highest BCUT2D eigenvalue weighted by Gasteiger charge is 2.35. The monoisotopic (exact) mass is 485 g/mol. The van der Waals surface area contributed by atoms with Crippen LogP contribution in [0.5, 0.6) is 0 Å². The van der Waals surface area contributed by atoms with E-state index in [-0.39, 0.29) is 18.0 Å². The first-order chi connectivity index (χ1) is 15.4. The predicted molar refractivity (Wildman–Crippen MR) is 132 cm³/mol. The topological polar surface area (TPSA) is 37.4 Å². The number of hydrogen-bond acceptors (Lipinski definition) is 4. The molecule has 0 N–H and O–H groups in total. The van der Waals surface area contributed by atoms with Crippen LogP contribution in [0.15, 0.2) is 42.5 Å². The minimum atomic E-state index is 0.101. The van der Waals surface area contributed by atoms with Gasteiger partial charge in [-0.3, -0.25) is 9.59 Å². The summed E-state index contributed by atoms with van der Waals surface area (Å²) in [4.78, 5) is 28.9. The second-order valence-corrected chi connectivity index (χ2v) is 11.1. The molecule has 0 spiro atoms. The van der Waals surface area contributed by atoms with Gasteiger partial charge in [-0.25, -0.2) is 0 Å². The largest absolute Gasteiger partial charge is 0.303 e. The van der Waals surface area contributed by atoms with Crippen LogP contribution in [-0.2, 0) is 17.6 Å². The van der Waals surface area contributed by atoms with Gasteiger partial charge in [-0.05, 0) is 78.5 Å². The predicted octanol–water partition coefficient (Wildman–Crippen LogP) is 6.48. The average molecular weight is 486 g/mol. The van der Waals surface area contributed by atoms with Crippen molar-refractivity contribution in [1.82, 2.24) is 4.90 Å². The summed E-state index contributed by atoms with van der Waals surface area (Å²) in [5, 5.41) is 2.16. The van der Waals surface area contributed by atoms with E-state index in [0.717, 1.165) is 32.6 Å². The fourth-order valence-corrected chi connectivity index (χ4v) is 6.70. The highest BCUT2D eigenvalue weighted by molar-refractivity contribution is 7.20. The second kappa shape index (κ2) is 9.26. The molecule has 0 radical (unpaired) electrons. The first-order valence-electron chi connectivity index (χ1n) is 11.2. The summed E-state index contributed by atoms with van der Waals surface area (Å²) in [5.74, 6) is 1.58. The zero-order valence-corrected chi connectivity index (χ0v) is 20.1. The number of piperidine rings is 3. The SMILES string of the molecule is O=C(Cc1ccc2cc(C(=O)C[C@H]3CN4CCC3CC4)sc2c1)Cc1ccc(Cl)cc1Cl. The molecule has 3 aromatic rings. The number of ketones is 2. The molecule has 32 heavy (non-hydrogen) atoms. The van der Waals surface area contributed by atoms with Crippen LogP contribution >= 0.6 is 34.5 Å². The second-order valence-electron chi connectivity index (χ2n) is 9.14. The molecule has 3 aliphatic heterocycles. The number of nitrogens with zero attached hydrogens (tertiary/aromatic N) is 1. The first-order valence-corrected chi connectivity index (χ1v) is 12.8. The van der Waals surface area contributed by atoms with Crippen molar-refractivity contribution < 1.29 is 9.59 Å². The Balaban J connectivity index is 1.25. The fourth-order valence-electron chi connectivity index (χ4n) is 5.15. The molecule has 1 atom stereocenters. The smallest absolute Gasteiger partial charge is 0.173 e. The van der Waals surface area contributed by atoms with Gasteiger partial charge < -0.3 is 4.90 Å². The molecule has 0 unspecified atom stereocenters. The van der Waals surface area contributed by atoms with E-state index in [4.69, 9.17) is 23.2 Å². The highest BCUT2D eigenvalue weighted by atomic mass is 35.5. The number of carbonyl (C=O) groups excluding carboxylic acids is 2. The molecule has 4 heterocycles. The summed E-state index contributed by atoms with van der Waals surface area (Å²) >= 11 is 13.7. The Hall–Kier alpha value is -1.72. The van der Waals surface area contributed by atoms with Gasteiger partial charge in [0.2, 0.25) is 0 Å². The molecule has 2 aromatic carbocycles. The van der Waals surface area contributed by atoms with Gasteiger partial charge >= 0.3 is 0 Å². The summed E-state index contributed by atoms with van der Waals surface area (Å²) in [6.07, 6.45) is 3.75. The Bertz CT molecular complexity index is 1180. The van der Waals surface area contributed by atoms with Crippen molar-refractivity contribution in [3.8, 4) is 0 Å². The molecular weight excluding hydrogens is 461 g/mol. The number of thiophene rings is 1. The lowest BCUT2D eigenvalue weighted by Crippen LogP contribution is -2.47.